The van der Waals surface area contributed by atoms with Crippen molar-refractivity contribution in [1.29, 1.82) is 0 Å². The number of piperidine rings is 1. The van der Waals surface area contributed by atoms with Gasteiger partial charge in [-0.15, -0.1) is 0 Å². The minimum atomic E-state index is -0.778. The van der Waals surface area contributed by atoms with E-state index in [2.05, 4.69) is 19.2 Å². The molecule has 0 aromatic heterocycles. The fourth-order valence-electron chi connectivity index (χ4n) is 2.54. The van der Waals surface area contributed by atoms with Crippen molar-refractivity contribution in [3.05, 3.63) is 0 Å². The van der Waals surface area contributed by atoms with E-state index in [4.69, 9.17) is 5.11 Å². The highest BCUT2D eigenvalue weighted by Crippen LogP contribution is 2.20. The van der Waals surface area contributed by atoms with Gasteiger partial charge in [-0.2, -0.15) is 0 Å². The molecule has 2 amide bonds. The van der Waals surface area contributed by atoms with Crippen molar-refractivity contribution in [2.24, 2.45) is 11.8 Å². The number of unbranched alkanes of at least 4 members (excludes halogenated alkanes) is 1. The van der Waals surface area contributed by atoms with Gasteiger partial charge in [0.2, 0.25) is 0 Å². The quantitative estimate of drug-likeness (QED) is 0.738. The summed E-state index contributed by atoms with van der Waals surface area (Å²) >= 11 is 0. The summed E-state index contributed by atoms with van der Waals surface area (Å²) in [6.45, 7) is 6.55. The molecule has 0 aromatic carbocycles. The third-order valence-electron chi connectivity index (χ3n) is 3.25. The lowest BCUT2D eigenvalue weighted by Crippen LogP contribution is -2.47. The molecule has 2 N–H and O–H groups in total. The standard InChI is InChI=1S/C13H24N2O3/c1-10-7-11(2)9-15(8-10)13(18)14-6-4-3-5-12(16)17/h10-11H,3-9H2,1-2H3,(H,14,18)(H,16,17). The van der Waals surface area contributed by atoms with Gasteiger partial charge in [0.15, 0.2) is 0 Å². The largest absolute Gasteiger partial charge is 0.481 e. The van der Waals surface area contributed by atoms with Crippen molar-refractivity contribution in [2.75, 3.05) is 19.6 Å². The first-order valence-corrected chi connectivity index (χ1v) is 6.73. The van der Waals surface area contributed by atoms with Crippen LogP contribution in [-0.2, 0) is 4.79 Å². The Kier molecular flexibility index (Phi) is 5.95. The van der Waals surface area contributed by atoms with E-state index in [-0.39, 0.29) is 12.5 Å². The van der Waals surface area contributed by atoms with Gasteiger partial charge in [0.1, 0.15) is 0 Å². The molecule has 18 heavy (non-hydrogen) atoms. The second kappa shape index (κ2) is 7.24. The van der Waals surface area contributed by atoms with Crippen molar-refractivity contribution in [3.8, 4) is 0 Å². The number of carboxylic acid groups (broad SMARTS) is 1. The molecule has 0 bridgehead atoms. The molecule has 0 aliphatic carbocycles. The number of carbonyl (C=O) groups is 2. The molecule has 1 aliphatic rings. The van der Waals surface area contributed by atoms with Crippen LogP contribution in [0.25, 0.3) is 0 Å². The number of aliphatic carboxylic acids is 1. The van der Waals surface area contributed by atoms with Crippen LogP contribution in [0.1, 0.15) is 39.5 Å². The maximum absolute atomic E-state index is 11.9. The minimum Gasteiger partial charge on any atom is -0.481 e. The van der Waals surface area contributed by atoms with Crippen LogP contribution in [0, 0.1) is 11.8 Å². The zero-order valence-corrected chi connectivity index (χ0v) is 11.3. The first-order chi connectivity index (χ1) is 8.49. The minimum absolute atomic E-state index is 0.0104. The number of nitrogens with one attached hydrogen (secondary N) is 1. The molecule has 1 heterocycles. The highest BCUT2D eigenvalue weighted by molar-refractivity contribution is 5.74. The van der Waals surface area contributed by atoms with E-state index in [9.17, 15) is 9.59 Å². The Morgan fingerprint density at radius 2 is 1.83 bits per heavy atom. The number of urea groups is 1. The van der Waals surface area contributed by atoms with Crippen LogP contribution < -0.4 is 5.32 Å². The average molecular weight is 256 g/mol. The van der Waals surface area contributed by atoms with E-state index in [1.54, 1.807) is 0 Å². The predicted molar refractivity (Wildman–Crippen MR) is 69.4 cm³/mol. The van der Waals surface area contributed by atoms with Gasteiger partial charge in [-0.25, -0.2) is 4.79 Å². The fourth-order valence-corrected chi connectivity index (χ4v) is 2.54. The number of likely N-dealkylation sites (tertiary alicyclic amines) is 1. The van der Waals surface area contributed by atoms with Gasteiger partial charge in [0.25, 0.3) is 0 Å². The van der Waals surface area contributed by atoms with Crippen molar-refractivity contribution >= 4 is 12.0 Å². The van der Waals surface area contributed by atoms with Crippen LogP contribution in [0.5, 0.6) is 0 Å². The number of carboxylic acids is 1. The summed E-state index contributed by atoms with van der Waals surface area (Å²) in [6.07, 6.45) is 2.69. The van der Waals surface area contributed by atoms with Gasteiger partial charge in [-0.3, -0.25) is 4.79 Å². The summed E-state index contributed by atoms with van der Waals surface area (Å²) in [7, 11) is 0. The summed E-state index contributed by atoms with van der Waals surface area (Å²) in [5.41, 5.74) is 0. The first kappa shape index (κ1) is 14.8. The Morgan fingerprint density at radius 1 is 1.22 bits per heavy atom. The molecule has 0 saturated carbocycles. The number of hydrogen-bond donors (Lipinski definition) is 2. The van der Waals surface area contributed by atoms with Crippen LogP contribution in [0.2, 0.25) is 0 Å². The van der Waals surface area contributed by atoms with Gasteiger partial charge in [0.05, 0.1) is 0 Å². The second-order valence-corrected chi connectivity index (χ2v) is 5.43. The molecule has 0 radical (unpaired) electrons. The summed E-state index contributed by atoms with van der Waals surface area (Å²) in [4.78, 5) is 24.1. The van der Waals surface area contributed by atoms with E-state index in [1.165, 1.54) is 6.42 Å². The number of amides is 2. The Labute approximate surface area is 109 Å². The lowest BCUT2D eigenvalue weighted by Gasteiger charge is -2.34. The number of carbonyl (C=O) groups excluding carboxylic acids is 1. The van der Waals surface area contributed by atoms with Gasteiger partial charge < -0.3 is 15.3 Å². The summed E-state index contributed by atoms with van der Waals surface area (Å²) < 4.78 is 0. The van der Waals surface area contributed by atoms with E-state index in [0.29, 0.717) is 24.8 Å². The molecule has 2 unspecified atom stereocenters. The SMILES string of the molecule is CC1CC(C)CN(C(=O)NCCCCC(=O)O)C1. The Balaban J connectivity index is 2.18. The van der Waals surface area contributed by atoms with Crippen LogP contribution in [0.4, 0.5) is 4.79 Å². The van der Waals surface area contributed by atoms with Crippen molar-refractivity contribution in [1.82, 2.24) is 10.2 Å². The lowest BCUT2D eigenvalue weighted by atomic mass is 9.92. The molecule has 1 saturated heterocycles. The van der Waals surface area contributed by atoms with Gasteiger partial charge >= 0.3 is 12.0 Å². The molecule has 0 spiro atoms. The summed E-state index contributed by atoms with van der Waals surface area (Å²) in [6, 6.07) is -0.0104. The van der Waals surface area contributed by atoms with Gasteiger partial charge in [-0.1, -0.05) is 13.8 Å². The molecular weight excluding hydrogens is 232 g/mol. The zero-order chi connectivity index (χ0) is 13.5. The monoisotopic (exact) mass is 256 g/mol. The van der Waals surface area contributed by atoms with E-state index < -0.39 is 5.97 Å². The molecule has 1 aliphatic heterocycles. The predicted octanol–water partition coefficient (Wildman–Crippen LogP) is 1.93. The highest BCUT2D eigenvalue weighted by Gasteiger charge is 2.24. The average Bonchev–Trinajstić information content (AvgIpc) is 2.26. The van der Waals surface area contributed by atoms with Crippen molar-refractivity contribution in [2.45, 2.75) is 39.5 Å². The van der Waals surface area contributed by atoms with E-state index in [1.807, 2.05) is 4.90 Å². The van der Waals surface area contributed by atoms with Gasteiger partial charge in [0, 0.05) is 26.1 Å². The van der Waals surface area contributed by atoms with Crippen LogP contribution in [0.15, 0.2) is 0 Å². The maximum atomic E-state index is 11.9. The smallest absolute Gasteiger partial charge is 0.317 e. The molecule has 2 atom stereocenters. The molecule has 1 rings (SSSR count). The third kappa shape index (κ3) is 5.38. The second-order valence-electron chi connectivity index (χ2n) is 5.43. The first-order valence-electron chi connectivity index (χ1n) is 6.73. The fraction of sp³-hybridized carbons (Fsp3) is 0.846. The Bertz CT molecular complexity index is 284. The van der Waals surface area contributed by atoms with Crippen molar-refractivity contribution < 1.29 is 14.7 Å². The molecule has 5 heteroatoms. The van der Waals surface area contributed by atoms with Crippen molar-refractivity contribution in [3.63, 3.8) is 0 Å². The summed E-state index contributed by atoms with van der Waals surface area (Å²) in [5, 5.41) is 11.3. The Hall–Kier alpha value is -1.26. The Morgan fingerprint density at radius 3 is 2.39 bits per heavy atom. The summed E-state index contributed by atoms with van der Waals surface area (Å²) in [5.74, 6) is 0.345. The molecule has 1 fully saturated rings. The van der Waals surface area contributed by atoms with Crippen LogP contribution >= 0.6 is 0 Å². The molecular formula is C13H24N2O3. The number of hydrogen-bond acceptors (Lipinski definition) is 2. The molecule has 5 nitrogen and oxygen atoms in total. The van der Waals surface area contributed by atoms with E-state index >= 15 is 0 Å². The molecule has 104 valence electrons. The normalized spacial score (nSPS) is 23.8. The molecule has 0 aromatic rings. The highest BCUT2D eigenvalue weighted by atomic mass is 16.4. The maximum Gasteiger partial charge on any atom is 0.317 e. The lowest BCUT2D eigenvalue weighted by molar-refractivity contribution is -0.137. The zero-order valence-electron chi connectivity index (χ0n) is 11.3. The third-order valence-corrected chi connectivity index (χ3v) is 3.25. The van der Waals surface area contributed by atoms with Crippen LogP contribution in [0.3, 0.4) is 0 Å². The van der Waals surface area contributed by atoms with Crippen LogP contribution in [-0.4, -0.2) is 41.6 Å². The van der Waals surface area contributed by atoms with Gasteiger partial charge in [-0.05, 0) is 31.1 Å². The number of nitrogens with zero attached hydrogens (tertiary/aromatic N) is 1. The topological polar surface area (TPSA) is 69.6 Å². The van der Waals surface area contributed by atoms with E-state index in [0.717, 1.165) is 19.5 Å². The number of rotatable bonds is 5.